The third-order valence-electron chi connectivity index (χ3n) is 2.80. The van der Waals surface area contributed by atoms with Crippen LogP contribution in [0, 0.1) is 0 Å². The highest BCUT2D eigenvalue weighted by atomic mass is 35.5. The molecule has 104 valence electrons. The summed E-state index contributed by atoms with van der Waals surface area (Å²) in [5.74, 6) is -0.418. The molecule has 1 atom stereocenters. The van der Waals surface area contributed by atoms with Gasteiger partial charge in [-0.05, 0) is 23.8 Å². The van der Waals surface area contributed by atoms with Gasteiger partial charge in [-0.15, -0.1) is 0 Å². The lowest BCUT2D eigenvalue weighted by Crippen LogP contribution is -2.16. The van der Waals surface area contributed by atoms with Crippen LogP contribution < -0.4 is 0 Å². The zero-order valence-electron chi connectivity index (χ0n) is 11.1. The molecule has 0 amide bonds. The van der Waals surface area contributed by atoms with Gasteiger partial charge in [0.15, 0.2) is 6.10 Å². The number of hydrogen-bond acceptors (Lipinski definition) is 3. The Balaban J connectivity index is 2.14. The number of carbonyl (C=O) groups excluding carboxylic acids is 1. The molecule has 0 radical (unpaired) electrons. The Labute approximate surface area is 123 Å². The third kappa shape index (κ3) is 3.83. The summed E-state index contributed by atoms with van der Waals surface area (Å²) >= 11 is 5.87. The van der Waals surface area contributed by atoms with Gasteiger partial charge in [0.25, 0.3) is 0 Å². The molecule has 3 nitrogen and oxygen atoms in total. The van der Waals surface area contributed by atoms with Gasteiger partial charge in [0.1, 0.15) is 0 Å². The van der Waals surface area contributed by atoms with Gasteiger partial charge in [-0.2, -0.15) is 0 Å². The number of halogens is 1. The SMILES string of the molecule is COCC(OC(=O)c1cccc(Cl)c1)c1ccccc1. The molecular weight excluding hydrogens is 276 g/mol. The van der Waals surface area contributed by atoms with Crippen molar-refractivity contribution < 1.29 is 14.3 Å². The van der Waals surface area contributed by atoms with E-state index in [4.69, 9.17) is 21.1 Å². The molecular formula is C16H15ClO3. The summed E-state index contributed by atoms with van der Waals surface area (Å²) in [7, 11) is 1.57. The van der Waals surface area contributed by atoms with Crippen molar-refractivity contribution in [2.24, 2.45) is 0 Å². The molecule has 0 aliphatic heterocycles. The maximum atomic E-state index is 12.1. The van der Waals surface area contributed by atoms with Crippen LogP contribution in [0.1, 0.15) is 22.0 Å². The Hall–Kier alpha value is -1.84. The summed E-state index contributed by atoms with van der Waals surface area (Å²) in [4.78, 5) is 12.1. The molecule has 0 saturated heterocycles. The number of benzene rings is 2. The number of hydrogen-bond donors (Lipinski definition) is 0. The fourth-order valence-corrected chi connectivity index (χ4v) is 2.02. The number of esters is 1. The fourth-order valence-electron chi connectivity index (χ4n) is 1.83. The van der Waals surface area contributed by atoms with Crippen LogP contribution in [0.2, 0.25) is 5.02 Å². The Morgan fingerprint density at radius 2 is 1.90 bits per heavy atom. The zero-order chi connectivity index (χ0) is 14.4. The van der Waals surface area contributed by atoms with Crippen molar-refractivity contribution in [2.45, 2.75) is 6.10 Å². The lowest BCUT2D eigenvalue weighted by molar-refractivity contribution is 0.00495. The minimum atomic E-state index is -0.437. The highest BCUT2D eigenvalue weighted by Crippen LogP contribution is 2.20. The van der Waals surface area contributed by atoms with E-state index in [1.165, 1.54) is 0 Å². The van der Waals surface area contributed by atoms with Gasteiger partial charge in [0.2, 0.25) is 0 Å². The highest BCUT2D eigenvalue weighted by Gasteiger charge is 2.17. The number of methoxy groups -OCH3 is 1. The van der Waals surface area contributed by atoms with E-state index in [9.17, 15) is 4.79 Å². The minimum Gasteiger partial charge on any atom is -0.451 e. The van der Waals surface area contributed by atoms with E-state index in [1.54, 1.807) is 31.4 Å². The molecule has 0 aliphatic carbocycles. The number of rotatable bonds is 5. The second kappa shape index (κ2) is 7.08. The second-order valence-electron chi connectivity index (χ2n) is 4.27. The van der Waals surface area contributed by atoms with Gasteiger partial charge >= 0.3 is 5.97 Å². The average molecular weight is 291 g/mol. The molecule has 0 aliphatic rings. The number of ether oxygens (including phenoxy) is 2. The van der Waals surface area contributed by atoms with Crippen molar-refractivity contribution in [2.75, 3.05) is 13.7 Å². The lowest BCUT2D eigenvalue weighted by atomic mass is 10.1. The van der Waals surface area contributed by atoms with Gasteiger partial charge in [0.05, 0.1) is 12.2 Å². The van der Waals surface area contributed by atoms with Crippen molar-refractivity contribution >= 4 is 17.6 Å². The van der Waals surface area contributed by atoms with Crippen LogP contribution in [0.25, 0.3) is 0 Å². The van der Waals surface area contributed by atoms with Gasteiger partial charge in [-0.1, -0.05) is 48.0 Å². The smallest absolute Gasteiger partial charge is 0.338 e. The predicted octanol–water partition coefficient (Wildman–Crippen LogP) is 3.88. The monoisotopic (exact) mass is 290 g/mol. The highest BCUT2D eigenvalue weighted by molar-refractivity contribution is 6.30. The van der Waals surface area contributed by atoms with Gasteiger partial charge in [0, 0.05) is 12.1 Å². The summed E-state index contributed by atoms with van der Waals surface area (Å²) in [6.45, 7) is 0.302. The maximum Gasteiger partial charge on any atom is 0.338 e. The summed E-state index contributed by atoms with van der Waals surface area (Å²) in [5.41, 5.74) is 1.32. The first-order chi connectivity index (χ1) is 9.70. The molecule has 0 fully saturated rings. The van der Waals surface area contributed by atoms with Crippen LogP contribution in [0.3, 0.4) is 0 Å². The van der Waals surface area contributed by atoms with E-state index in [2.05, 4.69) is 0 Å². The number of carbonyl (C=O) groups is 1. The van der Waals surface area contributed by atoms with E-state index in [-0.39, 0.29) is 0 Å². The quantitative estimate of drug-likeness (QED) is 0.784. The molecule has 1 unspecified atom stereocenters. The van der Waals surface area contributed by atoms with Gasteiger partial charge < -0.3 is 9.47 Å². The van der Waals surface area contributed by atoms with Crippen molar-refractivity contribution in [3.8, 4) is 0 Å². The predicted molar refractivity (Wildman–Crippen MR) is 77.9 cm³/mol. The van der Waals surface area contributed by atoms with Crippen molar-refractivity contribution in [1.29, 1.82) is 0 Å². The molecule has 2 aromatic carbocycles. The van der Waals surface area contributed by atoms with Crippen LogP contribution >= 0.6 is 11.6 Å². The lowest BCUT2D eigenvalue weighted by Gasteiger charge is -2.17. The molecule has 20 heavy (non-hydrogen) atoms. The molecule has 2 rings (SSSR count). The van der Waals surface area contributed by atoms with Crippen LogP contribution in [0.4, 0.5) is 0 Å². The summed E-state index contributed by atoms with van der Waals surface area (Å²) in [6.07, 6.45) is -0.437. The molecule has 0 aromatic heterocycles. The van der Waals surface area contributed by atoms with E-state index < -0.39 is 12.1 Å². The molecule has 0 heterocycles. The standard InChI is InChI=1S/C16H15ClO3/c1-19-11-15(12-6-3-2-4-7-12)20-16(18)13-8-5-9-14(17)10-13/h2-10,15H,11H2,1H3. The van der Waals surface area contributed by atoms with Crippen LogP contribution in [-0.4, -0.2) is 19.7 Å². The molecule has 0 spiro atoms. The Morgan fingerprint density at radius 1 is 1.15 bits per heavy atom. The van der Waals surface area contributed by atoms with Crippen LogP contribution in [0.5, 0.6) is 0 Å². The van der Waals surface area contributed by atoms with E-state index in [1.807, 2.05) is 30.3 Å². The first-order valence-corrected chi connectivity index (χ1v) is 6.59. The van der Waals surface area contributed by atoms with E-state index in [0.717, 1.165) is 5.56 Å². The zero-order valence-corrected chi connectivity index (χ0v) is 11.8. The van der Waals surface area contributed by atoms with E-state index >= 15 is 0 Å². The fraction of sp³-hybridized carbons (Fsp3) is 0.188. The Kier molecular flexibility index (Phi) is 5.16. The van der Waals surface area contributed by atoms with Crippen molar-refractivity contribution in [3.63, 3.8) is 0 Å². The first kappa shape index (κ1) is 14.6. The maximum absolute atomic E-state index is 12.1. The first-order valence-electron chi connectivity index (χ1n) is 6.21. The van der Waals surface area contributed by atoms with Crippen molar-refractivity contribution in [3.05, 3.63) is 70.7 Å². The third-order valence-corrected chi connectivity index (χ3v) is 3.03. The van der Waals surface area contributed by atoms with E-state index in [0.29, 0.717) is 17.2 Å². The molecule has 0 N–H and O–H groups in total. The summed E-state index contributed by atoms with van der Waals surface area (Å²) in [5, 5.41) is 0.502. The average Bonchev–Trinajstić information content (AvgIpc) is 2.47. The second-order valence-corrected chi connectivity index (χ2v) is 4.71. The summed E-state index contributed by atoms with van der Waals surface area (Å²) in [6, 6.07) is 16.2. The minimum absolute atomic E-state index is 0.302. The Morgan fingerprint density at radius 3 is 2.55 bits per heavy atom. The summed E-state index contributed by atoms with van der Waals surface area (Å²) < 4.78 is 10.6. The van der Waals surface area contributed by atoms with Crippen molar-refractivity contribution in [1.82, 2.24) is 0 Å². The van der Waals surface area contributed by atoms with Crippen LogP contribution in [-0.2, 0) is 9.47 Å². The topological polar surface area (TPSA) is 35.5 Å². The van der Waals surface area contributed by atoms with Gasteiger partial charge in [-0.3, -0.25) is 0 Å². The van der Waals surface area contributed by atoms with Crippen LogP contribution in [0.15, 0.2) is 54.6 Å². The molecule has 0 saturated carbocycles. The van der Waals surface area contributed by atoms with Gasteiger partial charge in [-0.25, -0.2) is 4.79 Å². The normalized spacial score (nSPS) is 11.9. The Bertz CT molecular complexity index is 569. The molecule has 2 aromatic rings. The largest absolute Gasteiger partial charge is 0.451 e. The molecule has 0 bridgehead atoms. The molecule has 4 heteroatoms.